The Bertz CT molecular complexity index is 831. The van der Waals surface area contributed by atoms with Crippen LogP contribution in [0.4, 0.5) is 5.69 Å². The summed E-state index contributed by atoms with van der Waals surface area (Å²) in [5, 5.41) is 11.2. The van der Waals surface area contributed by atoms with E-state index in [2.05, 4.69) is 14.9 Å². The minimum absolute atomic E-state index is 0.133. The third-order valence-electron chi connectivity index (χ3n) is 3.67. The summed E-state index contributed by atoms with van der Waals surface area (Å²) in [5.41, 5.74) is 1.26. The minimum atomic E-state index is -3.51. The van der Waals surface area contributed by atoms with Crippen molar-refractivity contribution in [1.82, 2.24) is 14.3 Å². The fourth-order valence-corrected chi connectivity index (χ4v) is 4.74. The van der Waals surface area contributed by atoms with Gasteiger partial charge >= 0.3 is 0 Å². The van der Waals surface area contributed by atoms with E-state index in [9.17, 15) is 8.42 Å². The predicted octanol–water partition coefficient (Wildman–Crippen LogP) is 1.23. The second kappa shape index (κ2) is 6.23. The number of aromatic nitrogens is 2. The van der Waals surface area contributed by atoms with Crippen molar-refractivity contribution in [3.05, 3.63) is 34.4 Å². The largest absolute Gasteiger partial charge is 0.368 e. The Hall–Kier alpha value is -2.02. The molecule has 0 spiro atoms. The molecule has 120 valence electrons. The average molecular weight is 349 g/mol. The number of hydrogen-bond acceptors (Lipinski definition) is 7. The Morgan fingerprint density at radius 3 is 2.52 bits per heavy atom. The quantitative estimate of drug-likeness (QED) is 0.828. The third-order valence-corrected chi connectivity index (χ3v) is 6.37. The molecule has 3 rings (SSSR count). The van der Waals surface area contributed by atoms with Crippen LogP contribution in [0.3, 0.4) is 0 Å². The van der Waals surface area contributed by atoms with Gasteiger partial charge in [-0.05, 0) is 19.1 Å². The Labute approximate surface area is 138 Å². The van der Waals surface area contributed by atoms with E-state index in [1.807, 2.05) is 12.1 Å². The smallest absolute Gasteiger partial charge is 0.261 e. The number of sulfonamides is 1. The van der Waals surface area contributed by atoms with Crippen molar-refractivity contribution in [2.24, 2.45) is 0 Å². The van der Waals surface area contributed by atoms with Crippen LogP contribution in [0.25, 0.3) is 0 Å². The Kier molecular flexibility index (Phi) is 4.30. The topological polar surface area (TPSA) is 90.2 Å². The maximum absolute atomic E-state index is 12.5. The van der Waals surface area contributed by atoms with E-state index >= 15 is 0 Å². The molecule has 0 amide bonds. The van der Waals surface area contributed by atoms with Gasteiger partial charge in [-0.15, -0.1) is 11.3 Å². The fourth-order valence-electron chi connectivity index (χ4n) is 2.42. The van der Waals surface area contributed by atoms with Crippen LogP contribution in [-0.2, 0) is 10.0 Å². The van der Waals surface area contributed by atoms with Crippen LogP contribution in [-0.4, -0.2) is 48.9 Å². The van der Waals surface area contributed by atoms with Gasteiger partial charge in [-0.2, -0.15) is 9.57 Å². The zero-order valence-corrected chi connectivity index (χ0v) is 14.1. The lowest BCUT2D eigenvalue weighted by Gasteiger charge is -2.34. The number of nitrogens with zero attached hydrogens (tertiary/aromatic N) is 5. The molecule has 0 aromatic carbocycles. The first-order valence-electron chi connectivity index (χ1n) is 7.04. The van der Waals surface area contributed by atoms with Crippen molar-refractivity contribution in [2.45, 2.75) is 11.9 Å². The van der Waals surface area contributed by atoms with Gasteiger partial charge in [-0.3, -0.25) is 0 Å². The summed E-state index contributed by atoms with van der Waals surface area (Å²) in [5.74, 6) is 0. The second-order valence-corrected chi connectivity index (χ2v) is 8.06. The van der Waals surface area contributed by atoms with E-state index in [4.69, 9.17) is 5.26 Å². The predicted molar refractivity (Wildman–Crippen MR) is 86.8 cm³/mol. The van der Waals surface area contributed by atoms with Gasteiger partial charge in [0.05, 0.1) is 16.9 Å². The van der Waals surface area contributed by atoms with Gasteiger partial charge in [-0.25, -0.2) is 18.4 Å². The van der Waals surface area contributed by atoms with Gasteiger partial charge in [0.15, 0.2) is 5.03 Å². The van der Waals surface area contributed by atoms with Gasteiger partial charge < -0.3 is 4.90 Å². The van der Waals surface area contributed by atoms with Crippen molar-refractivity contribution >= 4 is 27.0 Å². The highest BCUT2D eigenvalue weighted by Crippen LogP contribution is 2.22. The molecule has 9 heteroatoms. The first-order valence-corrected chi connectivity index (χ1v) is 9.36. The molecule has 1 aliphatic rings. The van der Waals surface area contributed by atoms with Gasteiger partial charge in [0, 0.05) is 31.6 Å². The molecule has 23 heavy (non-hydrogen) atoms. The maximum atomic E-state index is 12.5. The van der Waals surface area contributed by atoms with Crippen molar-refractivity contribution in [3.8, 4) is 6.07 Å². The monoisotopic (exact) mass is 349 g/mol. The molecule has 0 radical (unpaired) electrons. The van der Waals surface area contributed by atoms with E-state index in [0.717, 1.165) is 10.7 Å². The van der Waals surface area contributed by atoms with Crippen LogP contribution in [0.1, 0.15) is 10.7 Å². The number of anilines is 1. The molecule has 3 heterocycles. The molecule has 0 aliphatic carbocycles. The SMILES string of the molecule is Cc1nc(S(=O)(=O)N2CCN(c3ccc(C#N)nc3)CC2)cs1. The van der Waals surface area contributed by atoms with E-state index in [1.54, 1.807) is 24.6 Å². The maximum Gasteiger partial charge on any atom is 0.261 e. The molecule has 0 N–H and O–H groups in total. The molecule has 0 atom stereocenters. The van der Waals surface area contributed by atoms with E-state index in [1.165, 1.54) is 15.6 Å². The molecule has 1 saturated heterocycles. The molecule has 1 aliphatic heterocycles. The van der Waals surface area contributed by atoms with Crippen LogP contribution >= 0.6 is 11.3 Å². The zero-order chi connectivity index (χ0) is 16.4. The number of piperazine rings is 1. The lowest BCUT2D eigenvalue weighted by atomic mass is 10.3. The van der Waals surface area contributed by atoms with Crippen LogP contribution in [0.15, 0.2) is 28.7 Å². The normalized spacial score (nSPS) is 16.3. The number of nitriles is 1. The van der Waals surface area contributed by atoms with Crippen molar-refractivity contribution < 1.29 is 8.42 Å². The summed E-state index contributed by atoms with van der Waals surface area (Å²) >= 11 is 1.33. The van der Waals surface area contributed by atoms with Gasteiger partial charge in [0.2, 0.25) is 0 Å². The number of thiazole rings is 1. The van der Waals surface area contributed by atoms with Crippen molar-refractivity contribution in [3.63, 3.8) is 0 Å². The Morgan fingerprint density at radius 1 is 1.26 bits per heavy atom. The van der Waals surface area contributed by atoms with E-state index in [0.29, 0.717) is 31.9 Å². The molecule has 1 fully saturated rings. The highest BCUT2D eigenvalue weighted by atomic mass is 32.2. The number of aryl methyl sites for hydroxylation is 1. The van der Waals surface area contributed by atoms with E-state index in [-0.39, 0.29) is 5.03 Å². The summed E-state index contributed by atoms with van der Waals surface area (Å²) in [6.07, 6.45) is 1.65. The van der Waals surface area contributed by atoms with Crippen LogP contribution in [0.5, 0.6) is 0 Å². The standard InChI is InChI=1S/C14H15N5O2S2/c1-11-17-14(10-22-11)23(20,21)19-6-4-18(5-7-19)13-3-2-12(8-15)16-9-13/h2-3,9-10H,4-7H2,1H3. The number of rotatable bonds is 3. The number of pyridine rings is 1. The van der Waals surface area contributed by atoms with Crippen molar-refractivity contribution in [1.29, 1.82) is 5.26 Å². The van der Waals surface area contributed by atoms with Gasteiger partial charge in [0.25, 0.3) is 10.0 Å². The highest BCUT2D eigenvalue weighted by molar-refractivity contribution is 7.89. The summed E-state index contributed by atoms with van der Waals surface area (Å²) in [7, 11) is -3.51. The van der Waals surface area contributed by atoms with Crippen molar-refractivity contribution in [2.75, 3.05) is 31.1 Å². The Morgan fingerprint density at radius 2 is 2.00 bits per heavy atom. The molecule has 2 aromatic heterocycles. The molecule has 0 unspecified atom stereocenters. The van der Waals surface area contributed by atoms with Crippen LogP contribution in [0.2, 0.25) is 0 Å². The molecular formula is C14H15N5O2S2. The zero-order valence-electron chi connectivity index (χ0n) is 12.5. The van der Waals surface area contributed by atoms with Crippen LogP contribution < -0.4 is 4.90 Å². The average Bonchev–Trinajstić information content (AvgIpc) is 3.02. The summed E-state index contributed by atoms with van der Waals surface area (Å²) in [6.45, 7) is 3.75. The number of hydrogen-bond donors (Lipinski definition) is 0. The van der Waals surface area contributed by atoms with Gasteiger partial charge in [-0.1, -0.05) is 0 Å². The lowest BCUT2D eigenvalue weighted by Crippen LogP contribution is -2.48. The third kappa shape index (κ3) is 3.19. The summed E-state index contributed by atoms with van der Waals surface area (Å²) in [4.78, 5) is 10.2. The first kappa shape index (κ1) is 15.9. The first-order chi connectivity index (χ1) is 11.0. The molecular weight excluding hydrogens is 334 g/mol. The van der Waals surface area contributed by atoms with E-state index < -0.39 is 10.0 Å². The lowest BCUT2D eigenvalue weighted by molar-refractivity contribution is 0.383. The molecule has 0 saturated carbocycles. The molecule has 2 aromatic rings. The molecule has 7 nitrogen and oxygen atoms in total. The highest BCUT2D eigenvalue weighted by Gasteiger charge is 2.30. The fraction of sp³-hybridized carbons (Fsp3) is 0.357. The molecule has 0 bridgehead atoms. The van der Waals surface area contributed by atoms with Crippen LogP contribution in [0, 0.1) is 18.3 Å². The summed E-state index contributed by atoms with van der Waals surface area (Å²) < 4.78 is 26.5. The Balaban J connectivity index is 1.69. The van der Waals surface area contributed by atoms with Gasteiger partial charge in [0.1, 0.15) is 11.8 Å². The second-order valence-electron chi connectivity index (χ2n) is 5.11. The minimum Gasteiger partial charge on any atom is -0.368 e. The summed E-state index contributed by atoms with van der Waals surface area (Å²) in [6, 6.07) is 5.48.